The van der Waals surface area contributed by atoms with E-state index in [0.29, 0.717) is 22.2 Å². The molecule has 0 aliphatic heterocycles. The number of sulfonamides is 1. The Bertz CT molecular complexity index is 844. The van der Waals surface area contributed by atoms with Gasteiger partial charge in [-0.05, 0) is 49.3 Å². The van der Waals surface area contributed by atoms with Crippen molar-refractivity contribution in [2.75, 3.05) is 17.1 Å². The number of alkyl halides is 3. The summed E-state index contributed by atoms with van der Waals surface area (Å²) in [5.41, 5.74) is -1.40. The van der Waals surface area contributed by atoms with E-state index in [0.717, 1.165) is 44.1 Å². The lowest BCUT2D eigenvalue weighted by Gasteiger charge is -2.26. The molecule has 2 fully saturated rings. The van der Waals surface area contributed by atoms with Gasteiger partial charge in [-0.25, -0.2) is 8.42 Å². The van der Waals surface area contributed by atoms with Crippen LogP contribution >= 0.6 is 11.6 Å². The van der Waals surface area contributed by atoms with Gasteiger partial charge in [-0.3, -0.25) is 9.10 Å². The van der Waals surface area contributed by atoms with Crippen molar-refractivity contribution < 1.29 is 26.4 Å². The molecular weight excluding hydrogens is 405 g/mol. The van der Waals surface area contributed by atoms with Gasteiger partial charge in [0.05, 0.1) is 22.5 Å². The van der Waals surface area contributed by atoms with Crippen molar-refractivity contribution in [2.24, 2.45) is 11.8 Å². The molecule has 5 nitrogen and oxygen atoms in total. The molecule has 1 aromatic carbocycles. The van der Waals surface area contributed by atoms with Crippen LogP contribution in [-0.4, -0.2) is 33.2 Å². The predicted molar refractivity (Wildman–Crippen MR) is 96.0 cm³/mol. The summed E-state index contributed by atoms with van der Waals surface area (Å²) >= 11 is 5.59. The Morgan fingerprint density at radius 3 is 2.52 bits per heavy atom. The van der Waals surface area contributed by atoms with Crippen molar-refractivity contribution in [3.8, 4) is 0 Å². The second kappa shape index (κ2) is 7.16. The monoisotopic (exact) mass is 424 g/mol. The highest BCUT2D eigenvalue weighted by Gasteiger charge is 2.40. The van der Waals surface area contributed by atoms with Gasteiger partial charge in [0, 0.05) is 6.04 Å². The van der Waals surface area contributed by atoms with Gasteiger partial charge in [-0.15, -0.1) is 0 Å². The molecule has 0 aromatic heterocycles. The van der Waals surface area contributed by atoms with Gasteiger partial charge in [-0.2, -0.15) is 13.2 Å². The second-order valence-corrected chi connectivity index (χ2v) is 9.59. The number of amides is 1. The quantitative estimate of drug-likeness (QED) is 0.787. The fraction of sp³-hybridized carbons (Fsp3) is 0.588. The molecule has 3 rings (SSSR count). The summed E-state index contributed by atoms with van der Waals surface area (Å²) in [5, 5.41) is 2.31. The molecule has 1 N–H and O–H groups in total. The molecule has 2 aliphatic rings. The van der Waals surface area contributed by atoms with E-state index in [2.05, 4.69) is 5.32 Å². The van der Waals surface area contributed by atoms with E-state index in [4.69, 9.17) is 11.6 Å². The van der Waals surface area contributed by atoms with Crippen LogP contribution in [0.4, 0.5) is 18.9 Å². The second-order valence-electron chi connectivity index (χ2n) is 7.28. The minimum atomic E-state index is -4.73. The zero-order chi connectivity index (χ0) is 20.0. The highest BCUT2D eigenvalue weighted by Crippen LogP contribution is 2.44. The summed E-state index contributed by atoms with van der Waals surface area (Å²) in [6.07, 6.45) is 0.234. The number of hydrogen-bond donors (Lipinski definition) is 1. The Kier molecular flexibility index (Phi) is 5.37. The molecule has 2 saturated carbocycles. The minimum Gasteiger partial charge on any atom is -0.352 e. The van der Waals surface area contributed by atoms with Gasteiger partial charge in [0.15, 0.2) is 0 Å². The Labute approximate surface area is 160 Å². The molecule has 10 heteroatoms. The van der Waals surface area contributed by atoms with Crippen molar-refractivity contribution in [2.45, 2.75) is 37.9 Å². The number of halogens is 4. The summed E-state index contributed by atoms with van der Waals surface area (Å²) in [6, 6.07) is 2.79. The maximum absolute atomic E-state index is 13.1. The topological polar surface area (TPSA) is 66.5 Å². The average Bonchev–Trinajstić information content (AvgIpc) is 3.14. The first-order valence-electron chi connectivity index (χ1n) is 8.59. The van der Waals surface area contributed by atoms with Crippen LogP contribution in [0.3, 0.4) is 0 Å². The van der Waals surface area contributed by atoms with Crippen LogP contribution in [0.15, 0.2) is 18.2 Å². The van der Waals surface area contributed by atoms with Crippen LogP contribution in [0.1, 0.15) is 31.2 Å². The Morgan fingerprint density at radius 2 is 2.00 bits per heavy atom. The summed E-state index contributed by atoms with van der Waals surface area (Å²) in [4.78, 5) is 12.4. The van der Waals surface area contributed by atoms with Gasteiger partial charge in [0.25, 0.3) is 0 Å². The lowest BCUT2D eigenvalue weighted by molar-refractivity contribution is -0.137. The van der Waals surface area contributed by atoms with Crippen LogP contribution in [0.25, 0.3) is 0 Å². The molecule has 0 spiro atoms. The van der Waals surface area contributed by atoms with E-state index in [1.165, 1.54) is 0 Å². The first-order valence-corrected chi connectivity index (χ1v) is 10.8. The number of nitrogens with one attached hydrogen (secondary N) is 1. The molecule has 2 bridgehead atoms. The maximum atomic E-state index is 13.1. The fourth-order valence-corrected chi connectivity index (χ4v) is 5.16. The van der Waals surface area contributed by atoms with Crippen molar-refractivity contribution in [1.82, 2.24) is 5.32 Å². The number of carbonyl (C=O) groups excluding carboxylic acids is 1. The van der Waals surface area contributed by atoms with E-state index in [1.54, 1.807) is 0 Å². The fourth-order valence-electron chi connectivity index (χ4n) is 4.09. The van der Waals surface area contributed by atoms with Crippen molar-refractivity contribution in [3.63, 3.8) is 0 Å². The highest BCUT2D eigenvalue weighted by molar-refractivity contribution is 7.92. The number of fused-ring (bicyclic) bond motifs is 2. The van der Waals surface area contributed by atoms with E-state index in [1.807, 2.05) is 0 Å². The SMILES string of the molecule is CS(=O)(=O)N(CC(=O)N[C@H]1C[C@H]2CC[C@H]1C2)c1ccc(Cl)c(C(F)(F)F)c1. The van der Waals surface area contributed by atoms with Gasteiger partial charge in [0.2, 0.25) is 15.9 Å². The van der Waals surface area contributed by atoms with E-state index in [-0.39, 0.29) is 11.7 Å². The number of carbonyl (C=O) groups is 1. The van der Waals surface area contributed by atoms with Gasteiger partial charge in [0.1, 0.15) is 6.54 Å². The molecule has 1 aromatic rings. The molecule has 150 valence electrons. The van der Waals surface area contributed by atoms with Gasteiger partial charge < -0.3 is 5.32 Å². The Hall–Kier alpha value is -1.48. The van der Waals surface area contributed by atoms with Crippen molar-refractivity contribution >= 4 is 33.2 Å². The lowest BCUT2D eigenvalue weighted by Crippen LogP contribution is -2.45. The van der Waals surface area contributed by atoms with Crippen LogP contribution in [0, 0.1) is 11.8 Å². The zero-order valence-electron chi connectivity index (χ0n) is 14.6. The van der Waals surface area contributed by atoms with Crippen molar-refractivity contribution in [3.05, 3.63) is 28.8 Å². The van der Waals surface area contributed by atoms with Gasteiger partial charge in [-0.1, -0.05) is 18.0 Å². The molecule has 1 amide bonds. The van der Waals surface area contributed by atoms with Crippen LogP contribution in [0.2, 0.25) is 5.02 Å². The predicted octanol–water partition coefficient (Wildman–Crippen LogP) is 3.43. The Balaban J connectivity index is 1.80. The molecular formula is C17H20ClF3N2O3S. The standard InChI is InChI=1S/C17H20ClF3N2O3S/c1-27(25,26)23(12-4-5-14(18)13(8-12)17(19,20)21)9-16(24)22-15-7-10-2-3-11(15)6-10/h4-5,8,10-11,15H,2-3,6-7,9H2,1H3,(H,22,24)/t10-,11-,15-/m0/s1. The molecule has 0 saturated heterocycles. The van der Waals surface area contributed by atoms with E-state index < -0.39 is 39.2 Å². The maximum Gasteiger partial charge on any atom is 0.417 e. The number of anilines is 1. The third-order valence-corrected chi connectivity index (χ3v) is 6.79. The van der Waals surface area contributed by atoms with E-state index >= 15 is 0 Å². The number of nitrogens with zero attached hydrogens (tertiary/aromatic N) is 1. The van der Waals surface area contributed by atoms with Crippen LogP contribution < -0.4 is 9.62 Å². The summed E-state index contributed by atoms with van der Waals surface area (Å²) < 4.78 is 64.1. The molecule has 3 atom stereocenters. The molecule has 0 radical (unpaired) electrons. The lowest BCUT2D eigenvalue weighted by atomic mass is 9.95. The normalized spacial score (nSPS) is 24.9. The highest BCUT2D eigenvalue weighted by atomic mass is 35.5. The molecule has 2 aliphatic carbocycles. The number of benzene rings is 1. The number of hydrogen-bond acceptors (Lipinski definition) is 3. The smallest absolute Gasteiger partial charge is 0.352 e. The number of rotatable bonds is 5. The minimum absolute atomic E-state index is 0.00798. The molecule has 0 unspecified atom stereocenters. The van der Waals surface area contributed by atoms with Crippen LogP contribution in [0.5, 0.6) is 0 Å². The average molecular weight is 425 g/mol. The first-order chi connectivity index (χ1) is 12.4. The molecule has 0 heterocycles. The third-order valence-electron chi connectivity index (χ3n) is 5.32. The Morgan fingerprint density at radius 1 is 1.30 bits per heavy atom. The zero-order valence-corrected chi connectivity index (χ0v) is 16.2. The third kappa shape index (κ3) is 4.51. The molecule has 27 heavy (non-hydrogen) atoms. The largest absolute Gasteiger partial charge is 0.417 e. The summed E-state index contributed by atoms with van der Waals surface area (Å²) in [7, 11) is -3.97. The van der Waals surface area contributed by atoms with Crippen molar-refractivity contribution in [1.29, 1.82) is 0 Å². The summed E-state index contributed by atoms with van der Waals surface area (Å²) in [5.74, 6) is 0.469. The summed E-state index contributed by atoms with van der Waals surface area (Å²) in [6.45, 7) is -0.578. The van der Waals surface area contributed by atoms with Gasteiger partial charge >= 0.3 is 6.18 Å². The first kappa shape index (κ1) is 20.3. The van der Waals surface area contributed by atoms with Crippen LogP contribution in [-0.2, 0) is 21.0 Å². The van der Waals surface area contributed by atoms with E-state index in [9.17, 15) is 26.4 Å².